The highest BCUT2D eigenvalue weighted by molar-refractivity contribution is 5.95. The van der Waals surface area contributed by atoms with E-state index in [0.29, 0.717) is 17.7 Å². The van der Waals surface area contributed by atoms with Gasteiger partial charge in [0.2, 0.25) is 6.41 Å². The second-order valence-corrected chi connectivity index (χ2v) is 2.40. The number of nitrogens with one attached hydrogen (secondary N) is 1. The van der Waals surface area contributed by atoms with Crippen LogP contribution in [0.25, 0.3) is 0 Å². The summed E-state index contributed by atoms with van der Waals surface area (Å²) in [6, 6.07) is 6.79. The molecule has 0 heterocycles. The van der Waals surface area contributed by atoms with E-state index in [9.17, 15) is 9.59 Å². The van der Waals surface area contributed by atoms with Gasteiger partial charge in [0, 0.05) is 11.3 Å². The van der Waals surface area contributed by atoms with Gasteiger partial charge in [-0.1, -0.05) is 12.1 Å². The highest BCUT2D eigenvalue weighted by atomic mass is 16.1. The molecule has 0 saturated carbocycles. The second kappa shape index (κ2) is 3.67. The van der Waals surface area contributed by atoms with Crippen LogP contribution >= 0.6 is 0 Å². The molecular formula is C9H9NO2. The van der Waals surface area contributed by atoms with Crippen molar-refractivity contribution in [2.45, 2.75) is 6.92 Å². The van der Waals surface area contributed by atoms with Crippen LogP contribution in [-0.2, 0) is 4.79 Å². The number of Topliss-reactive ketones (excluding diaryl/α,β-unsaturated/α-hetero) is 1. The van der Waals surface area contributed by atoms with Crippen molar-refractivity contribution in [1.82, 2.24) is 0 Å². The van der Waals surface area contributed by atoms with Gasteiger partial charge in [-0.2, -0.15) is 0 Å². The van der Waals surface area contributed by atoms with E-state index in [1.165, 1.54) is 6.92 Å². The molecule has 0 aliphatic rings. The molecule has 0 fully saturated rings. The number of rotatable bonds is 3. The van der Waals surface area contributed by atoms with Gasteiger partial charge in [-0.05, 0) is 19.1 Å². The van der Waals surface area contributed by atoms with Crippen molar-refractivity contribution in [2.24, 2.45) is 0 Å². The molecule has 0 radical (unpaired) electrons. The van der Waals surface area contributed by atoms with Crippen molar-refractivity contribution in [1.29, 1.82) is 0 Å². The van der Waals surface area contributed by atoms with Crippen LogP contribution in [-0.4, -0.2) is 12.2 Å². The summed E-state index contributed by atoms with van der Waals surface area (Å²) in [6.07, 6.45) is 0.583. The molecule has 3 heteroatoms. The summed E-state index contributed by atoms with van der Waals surface area (Å²) >= 11 is 0. The van der Waals surface area contributed by atoms with Gasteiger partial charge >= 0.3 is 0 Å². The predicted octanol–water partition coefficient (Wildman–Crippen LogP) is 1.46. The van der Waals surface area contributed by atoms with Crippen LogP contribution in [0.3, 0.4) is 0 Å². The summed E-state index contributed by atoms with van der Waals surface area (Å²) < 4.78 is 0. The van der Waals surface area contributed by atoms with Crippen molar-refractivity contribution in [3.8, 4) is 0 Å². The Morgan fingerprint density at radius 3 is 2.83 bits per heavy atom. The van der Waals surface area contributed by atoms with E-state index >= 15 is 0 Å². The monoisotopic (exact) mass is 163 g/mol. The Morgan fingerprint density at radius 1 is 1.50 bits per heavy atom. The van der Waals surface area contributed by atoms with Crippen molar-refractivity contribution in [3.05, 3.63) is 29.8 Å². The van der Waals surface area contributed by atoms with Crippen LogP contribution in [0.4, 0.5) is 5.69 Å². The van der Waals surface area contributed by atoms with Gasteiger partial charge in [0.25, 0.3) is 0 Å². The lowest BCUT2D eigenvalue weighted by Crippen LogP contribution is -1.96. The quantitative estimate of drug-likeness (QED) is 0.541. The molecule has 3 nitrogen and oxygen atoms in total. The lowest BCUT2D eigenvalue weighted by atomic mass is 10.1. The van der Waals surface area contributed by atoms with Crippen LogP contribution < -0.4 is 5.32 Å². The van der Waals surface area contributed by atoms with E-state index in [4.69, 9.17) is 0 Å². The second-order valence-electron chi connectivity index (χ2n) is 2.40. The number of carbonyl (C=O) groups is 2. The first kappa shape index (κ1) is 8.46. The van der Waals surface area contributed by atoms with Gasteiger partial charge in [-0.25, -0.2) is 0 Å². The molecule has 1 amide bonds. The lowest BCUT2D eigenvalue weighted by Gasteiger charge is -1.99. The third kappa shape index (κ3) is 1.92. The number of benzene rings is 1. The maximum atomic E-state index is 10.9. The Labute approximate surface area is 70.4 Å². The molecule has 0 aliphatic carbocycles. The Bertz CT molecular complexity index is 307. The standard InChI is InChI=1S/C9H9NO2/c1-7(12)8-3-2-4-9(5-8)10-6-11/h2-6H,1H3,(H,10,11). The fourth-order valence-corrected chi connectivity index (χ4v) is 0.896. The largest absolute Gasteiger partial charge is 0.329 e. The van der Waals surface area contributed by atoms with Crippen LogP contribution in [0.2, 0.25) is 0 Å². The number of carbonyl (C=O) groups excluding carboxylic acids is 2. The summed E-state index contributed by atoms with van der Waals surface area (Å²) in [5.74, 6) is -0.00968. The van der Waals surface area contributed by atoms with E-state index in [-0.39, 0.29) is 5.78 Å². The summed E-state index contributed by atoms with van der Waals surface area (Å²) in [7, 11) is 0. The molecule has 1 aromatic rings. The van der Waals surface area contributed by atoms with E-state index in [0.717, 1.165) is 0 Å². The maximum absolute atomic E-state index is 10.9. The van der Waals surface area contributed by atoms with Gasteiger partial charge < -0.3 is 5.32 Å². The molecule has 0 spiro atoms. The average molecular weight is 163 g/mol. The number of amides is 1. The van der Waals surface area contributed by atoms with E-state index in [1.807, 2.05) is 0 Å². The van der Waals surface area contributed by atoms with E-state index in [2.05, 4.69) is 5.32 Å². The first-order valence-corrected chi connectivity index (χ1v) is 3.55. The van der Waals surface area contributed by atoms with Crippen LogP contribution in [0.5, 0.6) is 0 Å². The minimum atomic E-state index is -0.00968. The van der Waals surface area contributed by atoms with Gasteiger partial charge in [0.1, 0.15) is 0 Å². The number of hydrogen-bond acceptors (Lipinski definition) is 2. The fraction of sp³-hybridized carbons (Fsp3) is 0.111. The first-order chi connectivity index (χ1) is 5.74. The maximum Gasteiger partial charge on any atom is 0.211 e. The first-order valence-electron chi connectivity index (χ1n) is 3.55. The van der Waals surface area contributed by atoms with Gasteiger partial charge in [0.05, 0.1) is 0 Å². The molecule has 1 N–H and O–H groups in total. The van der Waals surface area contributed by atoms with Gasteiger partial charge in [-0.3, -0.25) is 9.59 Å². The number of ketones is 1. The zero-order valence-corrected chi connectivity index (χ0v) is 6.70. The van der Waals surface area contributed by atoms with Crippen molar-refractivity contribution in [3.63, 3.8) is 0 Å². The van der Waals surface area contributed by atoms with Crippen molar-refractivity contribution in [2.75, 3.05) is 5.32 Å². The number of hydrogen-bond donors (Lipinski definition) is 1. The molecule has 0 bridgehead atoms. The molecule has 12 heavy (non-hydrogen) atoms. The summed E-state index contributed by atoms with van der Waals surface area (Å²) in [6.45, 7) is 1.49. The Hall–Kier alpha value is -1.64. The summed E-state index contributed by atoms with van der Waals surface area (Å²) in [5, 5.41) is 2.47. The third-order valence-corrected chi connectivity index (χ3v) is 1.49. The minimum absolute atomic E-state index is 0.00968. The molecule has 1 rings (SSSR count). The van der Waals surface area contributed by atoms with E-state index in [1.54, 1.807) is 24.3 Å². The van der Waals surface area contributed by atoms with Crippen LogP contribution in [0, 0.1) is 0 Å². The highest BCUT2D eigenvalue weighted by Crippen LogP contribution is 2.09. The fourth-order valence-electron chi connectivity index (χ4n) is 0.896. The van der Waals surface area contributed by atoms with Crippen molar-refractivity contribution < 1.29 is 9.59 Å². The Morgan fingerprint density at radius 2 is 2.25 bits per heavy atom. The zero-order valence-electron chi connectivity index (χ0n) is 6.70. The van der Waals surface area contributed by atoms with Gasteiger partial charge in [-0.15, -0.1) is 0 Å². The van der Waals surface area contributed by atoms with Crippen LogP contribution in [0.1, 0.15) is 17.3 Å². The number of anilines is 1. The molecule has 62 valence electrons. The molecule has 1 aromatic carbocycles. The Balaban J connectivity index is 2.95. The summed E-state index contributed by atoms with van der Waals surface area (Å²) in [4.78, 5) is 20.9. The Kier molecular flexibility index (Phi) is 2.58. The topological polar surface area (TPSA) is 46.2 Å². The molecule has 0 unspecified atom stereocenters. The average Bonchev–Trinajstić information content (AvgIpc) is 2.05. The predicted molar refractivity (Wildman–Crippen MR) is 46.1 cm³/mol. The third-order valence-electron chi connectivity index (χ3n) is 1.49. The molecule has 0 atom stereocenters. The molecule has 0 saturated heterocycles. The smallest absolute Gasteiger partial charge is 0.211 e. The van der Waals surface area contributed by atoms with Crippen molar-refractivity contribution >= 4 is 17.9 Å². The summed E-state index contributed by atoms with van der Waals surface area (Å²) in [5.41, 5.74) is 1.24. The van der Waals surface area contributed by atoms with Gasteiger partial charge in [0.15, 0.2) is 5.78 Å². The molecule has 0 aromatic heterocycles. The lowest BCUT2D eigenvalue weighted by molar-refractivity contribution is -0.105. The molecule has 0 aliphatic heterocycles. The highest BCUT2D eigenvalue weighted by Gasteiger charge is 1.98. The van der Waals surface area contributed by atoms with Crippen LogP contribution in [0.15, 0.2) is 24.3 Å². The minimum Gasteiger partial charge on any atom is -0.329 e. The SMILES string of the molecule is CC(=O)c1cccc(NC=O)c1. The molecular weight excluding hydrogens is 154 g/mol. The van der Waals surface area contributed by atoms with E-state index < -0.39 is 0 Å². The zero-order chi connectivity index (χ0) is 8.97. The normalized spacial score (nSPS) is 9.08.